The number of rotatable bonds is 7. The van der Waals surface area contributed by atoms with Gasteiger partial charge in [0.1, 0.15) is 11.1 Å². The molecular formula is C20H21BrFNO3S. The van der Waals surface area contributed by atoms with Crippen molar-refractivity contribution in [1.82, 2.24) is 0 Å². The lowest BCUT2D eigenvalue weighted by molar-refractivity contribution is -0.147. The van der Waals surface area contributed by atoms with Gasteiger partial charge in [-0.3, -0.25) is 9.59 Å². The molecule has 4 nitrogen and oxygen atoms in total. The summed E-state index contributed by atoms with van der Waals surface area (Å²) in [4.78, 5) is 25.1. The number of hydrogen-bond donors (Lipinski definition) is 1. The van der Waals surface area contributed by atoms with Crippen LogP contribution in [-0.2, 0) is 9.53 Å². The fourth-order valence-corrected chi connectivity index (χ4v) is 3.60. The number of amides is 1. The summed E-state index contributed by atoms with van der Waals surface area (Å²) in [6, 6.07) is 11.3. The molecule has 0 spiro atoms. The van der Waals surface area contributed by atoms with E-state index in [0.717, 1.165) is 6.42 Å². The Balaban J connectivity index is 2.15. The van der Waals surface area contributed by atoms with Crippen LogP contribution < -0.4 is 5.32 Å². The monoisotopic (exact) mass is 453 g/mol. The van der Waals surface area contributed by atoms with E-state index in [4.69, 9.17) is 4.74 Å². The fraction of sp³-hybridized carbons (Fsp3) is 0.300. The maximum atomic E-state index is 14.3. The van der Waals surface area contributed by atoms with Crippen LogP contribution in [0.15, 0.2) is 51.8 Å². The summed E-state index contributed by atoms with van der Waals surface area (Å²) in [6.45, 7) is 5.50. The van der Waals surface area contributed by atoms with Gasteiger partial charge in [0.2, 0.25) is 0 Å². The minimum absolute atomic E-state index is 0.0528. The third-order valence-corrected chi connectivity index (χ3v) is 5.89. The van der Waals surface area contributed by atoms with Gasteiger partial charge in [0.05, 0.1) is 11.8 Å². The zero-order valence-corrected chi connectivity index (χ0v) is 17.7. The van der Waals surface area contributed by atoms with Crippen LogP contribution in [0.25, 0.3) is 0 Å². The first-order valence-electron chi connectivity index (χ1n) is 8.54. The molecule has 0 heterocycles. The summed E-state index contributed by atoms with van der Waals surface area (Å²) in [6.07, 6.45) is 0.580. The Labute approximate surface area is 171 Å². The van der Waals surface area contributed by atoms with Crippen LogP contribution in [0, 0.1) is 5.82 Å². The standard InChI is InChI=1S/C20H21BrFNO3S/c1-4-12(2)26-20(25)13(3)27-18-11-17(16(22)10-15(18)21)23-19(24)14-8-6-5-7-9-14/h5-13H,4H2,1-3H3,(H,23,24). The molecular weight excluding hydrogens is 433 g/mol. The Hall–Kier alpha value is -1.86. The second-order valence-corrected chi connectivity index (χ2v) is 8.24. The van der Waals surface area contributed by atoms with Crippen LogP contribution in [0.3, 0.4) is 0 Å². The number of thioether (sulfide) groups is 1. The molecule has 2 unspecified atom stereocenters. The van der Waals surface area contributed by atoms with Crippen molar-refractivity contribution >= 4 is 45.3 Å². The van der Waals surface area contributed by atoms with Gasteiger partial charge in [-0.2, -0.15) is 0 Å². The van der Waals surface area contributed by atoms with Gasteiger partial charge in [0.25, 0.3) is 5.91 Å². The normalized spacial score (nSPS) is 12.9. The number of carbonyl (C=O) groups is 2. The number of ether oxygens (including phenoxy) is 1. The van der Waals surface area contributed by atoms with Gasteiger partial charge in [0.15, 0.2) is 0 Å². The molecule has 1 N–H and O–H groups in total. The van der Waals surface area contributed by atoms with E-state index in [1.54, 1.807) is 37.3 Å². The second-order valence-electron chi connectivity index (χ2n) is 6.00. The molecule has 0 aliphatic heterocycles. The van der Waals surface area contributed by atoms with E-state index in [0.29, 0.717) is 14.9 Å². The molecule has 2 atom stereocenters. The van der Waals surface area contributed by atoms with Gasteiger partial charge in [-0.05, 0) is 60.5 Å². The van der Waals surface area contributed by atoms with Gasteiger partial charge in [0, 0.05) is 14.9 Å². The summed E-state index contributed by atoms with van der Waals surface area (Å²) in [5.74, 6) is -1.30. The minimum atomic E-state index is -0.564. The highest BCUT2D eigenvalue weighted by molar-refractivity contribution is 9.10. The van der Waals surface area contributed by atoms with E-state index in [9.17, 15) is 14.0 Å². The third-order valence-electron chi connectivity index (χ3n) is 3.83. The molecule has 1 amide bonds. The Bertz CT molecular complexity index is 816. The largest absolute Gasteiger partial charge is 0.462 e. The molecule has 0 radical (unpaired) electrons. The second kappa shape index (κ2) is 9.90. The van der Waals surface area contributed by atoms with Crippen molar-refractivity contribution in [2.45, 2.75) is 43.4 Å². The molecule has 0 aliphatic rings. The average molecular weight is 454 g/mol. The number of nitrogens with one attached hydrogen (secondary N) is 1. The van der Waals surface area contributed by atoms with Crippen molar-refractivity contribution in [3.05, 3.63) is 58.3 Å². The Morgan fingerprint density at radius 1 is 1.22 bits per heavy atom. The van der Waals surface area contributed by atoms with Crippen LogP contribution in [0.4, 0.5) is 10.1 Å². The van der Waals surface area contributed by atoms with E-state index in [-0.39, 0.29) is 17.8 Å². The van der Waals surface area contributed by atoms with Crippen LogP contribution in [0.2, 0.25) is 0 Å². The summed E-state index contributed by atoms with van der Waals surface area (Å²) < 4.78 is 20.1. The van der Waals surface area contributed by atoms with Gasteiger partial charge in [-0.1, -0.05) is 25.1 Å². The minimum Gasteiger partial charge on any atom is -0.462 e. The van der Waals surface area contributed by atoms with Crippen molar-refractivity contribution < 1.29 is 18.7 Å². The third kappa shape index (κ3) is 6.07. The van der Waals surface area contributed by atoms with E-state index in [2.05, 4.69) is 21.2 Å². The first-order chi connectivity index (χ1) is 12.8. The Morgan fingerprint density at radius 3 is 2.52 bits per heavy atom. The van der Waals surface area contributed by atoms with Crippen molar-refractivity contribution in [2.24, 2.45) is 0 Å². The molecule has 0 aromatic heterocycles. The van der Waals surface area contributed by atoms with Crippen molar-refractivity contribution in [2.75, 3.05) is 5.32 Å². The maximum absolute atomic E-state index is 14.3. The lowest BCUT2D eigenvalue weighted by atomic mass is 10.2. The quantitative estimate of drug-likeness (QED) is 0.433. The van der Waals surface area contributed by atoms with Crippen LogP contribution >= 0.6 is 27.7 Å². The molecule has 0 saturated heterocycles. The molecule has 0 bridgehead atoms. The molecule has 2 rings (SSSR count). The molecule has 0 aliphatic carbocycles. The van der Waals surface area contributed by atoms with E-state index in [1.165, 1.54) is 23.9 Å². The SMILES string of the molecule is CCC(C)OC(=O)C(C)Sc1cc(NC(=O)c2ccccc2)c(F)cc1Br. The number of esters is 1. The zero-order valence-electron chi connectivity index (χ0n) is 15.3. The number of hydrogen-bond acceptors (Lipinski definition) is 4. The highest BCUT2D eigenvalue weighted by Crippen LogP contribution is 2.35. The Morgan fingerprint density at radius 2 is 1.89 bits per heavy atom. The number of carbonyl (C=O) groups excluding carboxylic acids is 2. The maximum Gasteiger partial charge on any atom is 0.319 e. The molecule has 7 heteroatoms. The van der Waals surface area contributed by atoms with Gasteiger partial charge in [-0.15, -0.1) is 11.8 Å². The molecule has 2 aromatic rings. The summed E-state index contributed by atoms with van der Waals surface area (Å²) in [7, 11) is 0. The summed E-state index contributed by atoms with van der Waals surface area (Å²) in [5, 5.41) is 2.10. The molecule has 0 saturated carbocycles. The first-order valence-corrected chi connectivity index (χ1v) is 10.2. The highest BCUT2D eigenvalue weighted by Gasteiger charge is 2.21. The molecule has 0 fully saturated rings. The Kier molecular flexibility index (Phi) is 7.86. The average Bonchev–Trinajstić information content (AvgIpc) is 2.65. The van der Waals surface area contributed by atoms with Crippen molar-refractivity contribution in [3.63, 3.8) is 0 Å². The van der Waals surface area contributed by atoms with E-state index >= 15 is 0 Å². The van der Waals surface area contributed by atoms with Gasteiger partial charge in [-0.25, -0.2) is 4.39 Å². The number of anilines is 1. The van der Waals surface area contributed by atoms with Crippen LogP contribution in [0.1, 0.15) is 37.6 Å². The summed E-state index contributed by atoms with van der Waals surface area (Å²) >= 11 is 4.55. The first kappa shape index (κ1) is 21.4. The highest BCUT2D eigenvalue weighted by atomic mass is 79.9. The lowest BCUT2D eigenvalue weighted by Crippen LogP contribution is -2.22. The van der Waals surface area contributed by atoms with Crippen LogP contribution in [0.5, 0.6) is 0 Å². The van der Waals surface area contributed by atoms with Gasteiger partial charge < -0.3 is 10.1 Å². The van der Waals surface area contributed by atoms with E-state index < -0.39 is 17.0 Å². The lowest BCUT2D eigenvalue weighted by Gasteiger charge is -2.16. The fourth-order valence-electron chi connectivity index (χ4n) is 2.12. The smallest absolute Gasteiger partial charge is 0.319 e. The number of benzene rings is 2. The zero-order chi connectivity index (χ0) is 20.0. The molecule has 144 valence electrons. The predicted octanol–water partition coefficient (Wildman–Crippen LogP) is 5.66. The predicted molar refractivity (Wildman–Crippen MR) is 110 cm³/mol. The molecule has 27 heavy (non-hydrogen) atoms. The topological polar surface area (TPSA) is 55.4 Å². The summed E-state index contributed by atoms with van der Waals surface area (Å²) in [5.41, 5.74) is 0.483. The van der Waals surface area contributed by atoms with Gasteiger partial charge >= 0.3 is 5.97 Å². The number of halogens is 2. The van der Waals surface area contributed by atoms with Crippen LogP contribution in [-0.4, -0.2) is 23.2 Å². The van der Waals surface area contributed by atoms with Crippen molar-refractivity contribution in [3.8, 4) is 0 Å². The van der Waals surface area contributed by atoms with E-state index in [1.807, 2.05) is 13.8 Å². The molecule has 2 aromatic carbocycles. The van der Waals surface area contributed by atoms with Crippen molar-refractivity contribution in [1.29, 1.82) is 0 Å².